The molecule has 2 aromatic carbocycles. The van der Waals surface area contributed by atoms with Crippen LogP contribution in [0.2, 0.25) is 0 Å². The Labute approximate surface area is 231 Å². The van der Waals surface area contributed by atoms with Crippen LogP contribution < -0.4 is 0 Å². The second kappa shape index (κ2) is 11.6. The van der Waals surface area contributed by atoms with Crippen molar-refractivity contribution in [1.82, 2.24) is 4.90 Å². The second-order valence-corrected chi connectivity index (χ2v) is 11.6. The number of rotatable bonds is 8. The number of hydrogen-bond acceptors (Lipinski definition) is 5. The van der Waals surface area contributed by atoms with Gasteiger partial charge < -0.3 is 15.3 Å². The van der Waals surface area contributed by atoms with E-state index in [1.807, 2.05) is 37.3 Å². The number of allylic oxidation sites excluding steroid dienone is 2. The lowest BCUT2D eigenvalue weighted by Gasteiger charge is -2.35. The summed E-state index contributed by atoms with van der Waals surface area (Å²) in [4.78, 5) is 28.5. The number of hydrogen-bond donors (Lipinski definition) is 3. The smallest absolute Gasteiger partial charge is 0.234 e. The summed E-state index contributed by atoms with van der Waals surface area (Å²) in [5.74, 6) is -1.52. The minimum Gasteiger partial charge on any atom is -0.507 e. The summed E-state index contributed by atoms with van der Waals surface area (Å²) < 4.78 is 0. The van der Waals surface area contributed by atoms with Crippen molar-refractivity contribution in [3.8, 4) is 5.75 Å². The van der Waals surface area contributed by atoms with Gasteiger partial charge >= 0.3 is 0 Å². The first-order valence-electron chi connectivity index (χ1n) is 14.6. The van der Waals surface area contributed by atoms with E-state index in [9.17, 15) is 24.9 Å². The fraction of sp³-hybridized carbons (Fsp3) is 0.515. The molecule has 6 heteroatoms. The van der Waals surface area contributed by atoms with E-state index in [0.29, 0.717) is 19.3 Å². The summed E-state index contributed by atoms with van der Waals surface area (Å²) in [5.41, 5.74) is 3.88. The van der Waals surface area contributed by atoms with Gasteiger partial charge in [-0.05, 0) is 68.0 Å². The van der Waals surface area contributed by atoms with Gasteiger partial charge in [0.05, 0.1) is 24.5 Å². The van der Waals surface area contributed by atoms with Gasteiger partial charge in [-0.2, -0.15) is 0 Å². The molecule has 0 aromatic heterocycles. The lowest BCUT2D eigenvalue weighted by atomic mass is 9.68. The van der Waals surface area contributed by atoms with Crippen LogP contribution in [0.3, 0.4) is 0 Å². The molecule has 2 fully saturated rings. The van der Waals surface area contributed by atoms with Crippen LogP contribution in [0.15, 0.2) is 53.1 Å². The maximum absolute atomic E-state index is 13.6. The van der Waals surface area contributed by atoms with Crippen LogP contribution in [0.4, 0.5) is 0 Å². The number of aliphatic hydroxyl groups excluding tert-OH is 2. The quantitative estimate of drug-likeness (QED) is 0.298. The third-order valence-electron chi connectivity index (χ3n) is 9.35. The predicted molar refractivity (Wildman–Crippen MR) is 153 cm³/mol. The number of fused-ring (bicyclic) bond motifs is 2. The van der Waals surface area contributed by atoms with Crippen molar-refractivity contribution in [3.05, 3.63) is 58.7 Å². The Morgan fingerprint density at radius 1 is 1.05 bits per heavy atom. The largest absolute Gasteiger partial charge is 0.507 e. The topological polar surface area (TPSA) is 98.1 Å². The molecule has 208 valence electrons. The number of benzene rings is 2. The molecule has 0 bridgehead atoms. The highest BCUT2D eigenvalue weighted by Gasteiger charge is 2.55. The SMILES string of the molecule is CC/C(=C\c1ccc(O)c2ccccc12)CC[C@@H](O)C1=C(C)C[C@H]2C(=O)N(C3CCCCC3)C(=O)[C@H]2[C@H]1CO. The number of likely N-dealkylation sites (tertiary alicyclic amines) is 1. The number of aliphatic hydroxyl groups is 2. The number of aromatic hydroxyl groups is 1. The van der Waals surface area contributed by atoms with E-state index in [4.69, 9.17) is 0 Å². The summed E-state index contributed by atoms with van der Waals surface area (Å²) in [6, 6.07) is 11.4. The highest BCUT2D eigenvalue weighted by Crippen LogP contribution is 2.47. The fourth-order valence-corrected chi connectivity index (χ4v) is 7.32. The number of phenolic OH excluding ortho intramolecular Hbond substituents is 1. The van der Waals surface area contributed by atoms with E-state index in [2.05, 4.69) is 13.0 Å². The zero-order chi connectivity index (χ0) is 27.7. The van der Waals surface area contributed by atoms with Crippen LogP contribution in [0.5, 0.6) is 5.75 Å². The molecule has 1 saturated carbocycles. The minimum atomic E-state index is -0.791. The molecule has 1 saturated heterocycles. The Hall–Kier alpha value is -2.96. The van der Waals surface area contributed by atoms with Crippen molar-refractivity contribution in [2.45, 2.75) is 83.8 Å². The van der Waals surface area contributed by atoms with Crippen molar-refractivity contribution in [3.63, 3.8) is 0 Å². The van der Waals surface area contributed by atoms with Crippen molar-refractivity contribution in [1.29, 1.82) is 0 Å². The average molecular weight is 532 g/mol. The van der Waals surface area contributed by atoms with E-state index >= 15 is 0 Å². The molecule has 3 aliphatic rings. The third kappa shape index (κ3) is 5.17. The Balaban J connectivity index is 1.34. The van der Waals surface area contributed by atoms with Crippen LogP contribution in [0, 0.1) is 17.8 Å². The molecule has 2 aromatic rings. The van der Waals surface area contributed by atoms with Crippen LogP contribution in [-0.2, 0) is 9.59 Å². The molecule has 1 aliphatic heterocycles. The van der Waals surface area contributed by atoms with E-state index in [1.54, 1.807) is 6.07 Å². The second-order valence-electron chi connectivity index (χ2n) is 11.6. The van der Waals surface area contributed by atoms with Crippen molar-refractivity contribution in [2.24, 2.45) is 17.8 Å². The third-order valence-corrected chi connectivity index (χ3v) is 9.35. The number of imide groups is 1. The Bertz CT molecular complexity index is 1300. The Morgan fingerprint density at radius 3 is 2.46 bits per heavy atom. The molecule has 0 spiro atoms. The minimum absolute atomic E-state index is 0.0226. The molecular formula is C33H41NO5. The molecule has 5 rings (SSSR count). The molecule has 1 heterocycles. The molecule has 6 nitrogen and oxygen atoms in total. The normalized spacial score (nSPS) is 25.5. The summed E-state index contributed by atoms with van der Waals surface area (Å²) in [7, 11) is 0. The standard InChI is InChI=1S/C33H41NO5/c1-3-21(18-22-14-16-28(36)25-12-8-7-11-24(22)25)13-15-29(37)30-20(2)17-26-31(27(30)19-35)33(39)34(32(26)38)23-9-5-4-6-10-23/h7-8,11-12,14,16,18,23,26-27,29,31,35-37H,3-6,9-10,13,15,17,19H2,1-2H3/b21-18+/t26-,27+,29-,31-/m1/s1. The van der Waals surface area contributed by atoms with Gasteiger partial charge in [-0.1, -0.05) is 73.7 Å². The van der Waals surface area contributed by atoms with Crippen molar-refractivity contribution in [2.75, 3.05) is 6.61 Å². The number of carbonyl (C=O) groups is 2. The summed E-state index contributed by atoms with van der Waals surface area (Å²) >= 11 is 0. The van der Waals surface area contributed by atoms with Gasteiger partial charge in [0.2, 0.25) is 11.8 Å². The summed E-state index contributed by atoms with van der Waals surface area (Å²) in [6.07, 6.45) is 8.72. The Morgan fingerprint density at radius 2 is 1.77 bits per heavy atom. The highest BCUT2D eigenvalue weighted by molar-refractivity contribution is 6.06. The van der Waals surface area contributed by atoms with E-state index in [-0.39, 0.29) is 30.2 Å². The van der Waals surface area contributed by atoms with Crippen molar-refractivity contribution < 1.29 is 24.9 Å². The molecule has 0 unspecified atom stereocenters. The van der Waals surface area contributed by atoms with Crippen LogP contribution in [-0.4, -0.2) is 50.8 Å². The first kappa shape index (κ1) is 27.6. The molecule has 39 heavy (non-hydrogen) atoms. The van der Waals surface area contributed by atoms with Gasteiger partial charge in [0.15, 0.2) is 0 Å². The first-order chi connectivity index (χ1) is 18.8. The van der Waals surface area contributed by atoms with Gasteiger partial charge in [-0.25, -0.2) is 0 Å². The predicted octanol–water partition coefficient (Wildman–Crippen LogP) is 5.74. The number of amides is 2. The van der Waals surface area contributed by atoms with E-state index < -0.39 is 23.9 Å². The lowest BCUT2D eigenvalue weighted by Crippen LogP contribution is -2.42. The van der Waals surface area contributed by atoms with Crippen LogP contribution >= 0.6 is 0 Å². The van der Waals surface area contributed by atoms with Gasteiger partial charge in [0, 0.05) is 17.3 Å². The van der Waals surface area contributed by atoms with Crippen LogP contribution in [0.1, 0.15) is 77.2 Å². The molecular weight excluding hydrogens is 490 g/mol. The Kier molecular flexibility index (Phi) is 8.24. The summed E-state index contributed by atoms with van der Waals surface area (Å²) in [6.45, 7) is 3.78. The number of phenols is 1. The highest BCUT2D eigenvalue weighted by atomic mass is 16.3. The van der Waals surface area contributed by atoms with Gasteiger partial charge in [-0.3, -0.25) is 14.5 Å². The molecule has 3 N–H and O–H groups in total. The molecule has 2 amide bonds. The monoisotopic (exact) mass is 531 g/mol. The zero-order valence-electron chi connectivity index (χ0n) is 23.1. The lowest BCUT2D eigenvalue weighted by molar-refractivity contribution is -0.143. The average Bonchev–Trinajstić information content (AvgIpc) is 3.20. The fourth-order valence-electron chi connectivity index (χ4n) is 7.32. The zero-order valence-corrected chi connectivity index (χ0v) is 23.1. The number of carbonyl (C=O) groups excluding carboxylic acids is 2. The molecule has 2 aliphatic carbocycles. The molecule has 0 radical (unpaired) electrons. The van der Waals surface area contributed by atoms with E-state index in [0.717, 1.165) is 66.0 Å². The first-order valence-corrected chi connectivity index (χ1v) is 14.6. The van der Waals surface area contributed by atoms with Gasteiger partial charge in [-0.15, -0.1) is 0 Å². The number of nitrogens with zero attached hydrogens (tertiary/aromatic N) is 1. The van der Waals surface area contributed by atoms with E-state index in [1.165, 1.54) is 10.5 Å². The molecule has 4 atom stereocenters. The van der Waals surface area contributed by atoms with Crippen molar-refractivity contribution >= 4 is 28.7 Å². The van der Waals surface area contributed by atoms with Crippen LogP contribution in [0.25, 0.3) is 16.8 Å². The summed E-state index contributed by atoms with van der Waals surface area (Å²) in [5, 5.41) is 33.9. The van der Waals surface area contributed by atoms with Gasteiger partial charge in [0.1, 0.15) is 5.75 Å². The maximum atomic E-state index is 13.6. The maximum Gasteiger partial charge on any atom is 0.234 e. The van der Waals surface area contributed by atoms with Gasteiger partial charge in [0.25, 0.3) is 0 Å².